The van der Waals surface area contributed by atoms with Crippen molar-refractivity contribution in [3.05, 3.63) is 34.9 Å². The van der Waals surface area contributed by atoms with E-state index >= 15 is 0 Å². The molecular weight excluding hydrogens is 198 g/mol. The van der Waals surface area contributed by atoms with Gasteiger partial charge in [0.25, 0.3) is 0 Å². The van der Waals surface area contributed by atoms with Gasteiger partial charge in [0, 0.05) is 5.02 Å². The highest BCUT2D eigenvalue weighted by Gasteiger charge is 2.13. The van der Waals surface area contributed by atoms with Gasteiger partial charge in [-0.25, -0.2) is 0 Å². The number of nitrogens with one attached hydrogen (secondary N) is 1. The summed E-state index contributed by atoms with van der Waals surface area (Å²) in [6.07, 6.45) is 0.644. The zero-order chi connectivity index (χ0) is 10.6. The topological polar surface area (TPSA) is 29.1 Å². The van der Waals surface area contributed by atoms with E-state index in [4.69, 9.17) is 11.6 Å². The van der Waals surface area contributed by atoms with Crippen LogP contribution in [0.5, 0.6) is 0 Å². The summed E-state index contributed by atoms with van der Waals surface area (Å²) in [7, 11) is 1.78. The maximum Gasteiger partial charge on any atom is 0.147 e. The molecule has 0 amide bonds. The Labute approximate surface area is 89.3 Å². The van der Waals surface area contributed by atoms with Gasteiger partial charge in [-0.05, 0) is 32.0 Å². The standard InChI is InChI=1S/C11H14ClNO/c1-8(14)11(13-2)7-9-5-3-4-6-10(9)12/h3-6,11,13H,7H2,1-2H3/t11-/m0/s1. The molecule has 1 atom stereocenters. The molecule has 1 rings (SSSR count). The van der Waals surface area contributed by atoms with Crippen LogP contribution in [0.3, 0.4) is 0 Å². The van der Waals surface area contributed by atoms with E-state index < -0.39 is 0 Å². The zero-order valence-corrected chi connectivity index (χ0v) is 9.14. The Balaban J connectivity index is 2.77. The molecule has 0 unspecified atom stereocenters. The molecule has 0 aliphatic heterocycles. The third-order valence-corrected chi connectivity index (χ3v) is 2.59. The molecular formula is C11H14ClNO. The Bertz CT molecular complexity index is 325. The van der Waals surface area contributed by atoms with Gasteiger partial charge < -0.3 is 5.32 Å². The van der Waals surface area contributed by atoms with Crippen LogP contribution in [0.15, 0.2) is 24.3 Å². The average molecular weight is 212 g/mol. The van der Waals surface area contributed by atoms with Crippen molar-refractivity contribution in [2.75, 3.05) is 7.05 Å². The minimum absolute atomic E-state index is 0.132. The second-order valence-corrected chi connectivity index (χ2v) is 3.65. The van der Waals surface area contributed by atoms with Gasteiger partial charge >= 0.3 is 0 Å². The van der Waals surface area contributed by atoms with Gasteiger partial charge in [-0.15, -0.1) is 0 Å². The summed E-state index contributed by atoms with van der Waals surface area (Å²) >= 11 is 5.99. The molecule has 0 aliphatic carbocycles. The van der Waals surface area contributed by atoms with Crippen molar-refractivity contribution in [1.82, 2.24) is 5.32 Å². The molecule has 0 bridgehead atoms. The molecule has 0 fully saturated rings. The van der Waals surface area contributed by atoms with E-state index in [9.17, 15) is 4.79 Å². The molecule has 2 nitrogen and oxygen atoms in total. The first-order valence-corrected chi connectivity index (χ1v) is 4.94. The predicted molar refractivity (Wildman–Crippen MR) is 58.7 cm³/mol. The van der Waals surface area contributed by atoms with E-state index in [0.717, 1.165) is 5.56 Å². The van der Waals surface area contributed by atoms with Crippen LogP contribution in [-0.4, -0.2) is 18.9 Å². The third kappa shape index (κ3) is 2.82. The van der Waals surface area contributed by atoms with Crippen molar-refractivity contribution in [1.29, 1.82) is 0 Å². The first-order valence-electron chi connectivity index (χ1n) is 4.56. The van der Waals surface area contributed by atoms with Gasteiger partial charge in [0.1, 0.15) is 5.78 Å². The number of rotatable bonds is 4. The molecule has 0 saturated carbocycles. The maximum absolute atomic E-state index is 11.2. The number of benzene rings is 1. The first-order chi connectivity index (χ1) is 6.65. The minimum atomic E-state index is -0.144. The SMILES string of the molecule is CN[C@@H](Cc1ccccc1Cl)C(C)=O. The Hall–Kier alpha value is -0.860. The normalized spacial score (nSPS) is 12.5. The summed E-state index contributed by atoms with van der Waals surface area (Å²) in [5.74, 6) is 0.132. The second kappa shape index (κ2) is 5.13. The molecule has 0 spiro atoms. The van der Waals surface area contributed by atoms with Crippen molar-refractivity contribution in [3.8, 4) is 0 Å². The lowest BCUT2D eigenvalue weighted by atomic mass is 10.0. The Kier molecular flexibility index (Phi) is 4.11. The van der Waals surface area contributed by atoms with E-state index in [1.165, 1.54) is 0 Å². The molecule has 0 aliphatic rings. The number of carbonyl (C=O) groups excluding carboxylic acids is 1. The Morgan fingerprint density at radius 3 is 2.64 bits per heavy atom. The lowest BCUT2D eigenvalue weighted by Crippen LogP contribution is -2.34. The maximum atomic E-state index is 11.2. The molecule has 1 aromatic rings. The van der Waals surface area contributed by atoms with Crippen LogP contribution in [0.1, 0.15) is 12.5 Å². The van der Waals surface area contributed by atoms with E-state index in [2.05, 4.69) is 5.32 Å². The molecule has 76 valence electrons. The highest BCUT2D eigenvalue weighted by molar-refractivity contribution is 6.31. The van der Waals surface area contributed by atoms with Gasteiger partial charge in [0.2, 0.25) is 0 Å². The summed E-state index contributed by atoms with van der Waals surface area (Å²) in [6.45, 7) is 1.58. The number of hydrogen-bond acceptors (Lipinski definition) is 2. The van der Waals surface area contributed by atoms with Crippen LogP contribution in [-0.2, 0) is 11.2 Å². The Morgan fingerprint density at radius 2 is 2.14 bits per heavy atom. The van der Waals surface area contributed by atoms with Crippen LogP contribution >= 0.6 is 11.6 Å². The van der Waals surface area contributed by atoms with Crippen molar-refractivity contribution >= 4 is 17.4 Å². The third-order valence-electron chi connectivity index (χ3n) is 2.22. The van der Waals surface area contributed by atoms with Crippen LogP contribution < -0.4 is 5.32 Å². The van der Waals surface area contributed by atoms with E-state index in [0.29, 0.717) is 11.4 Å². The molecule has 14 heavy (non-hydrogen) atoms. The summed E-state index contributed by atoms with van der Waals surface area (Å²) in [5, 5.41) is 3.69. The smallest absolute Gasteiger partial charge is 0.147 e. The highest BCUT2D eigenvalue weighted by atomic mass is 35.5. The van der Waals surface area contributed by atoms with Crippen molar-refractivity contribution in [2.45, 2.75) is 19.4 Å². The molecule has 0 saturated heterocycles. The van der Waals surface area contributed by atoms with Gasteiger partial charge in [-0.2, -0.15) is 0 Å². The van der Waals surface area contributed by atoms with Crippen LogP contribution in [0, 0.1) is 0 Å². The van der Waals surface area contributed by atoms with Gasteiger partial charge in [-0.1, -0.05) is 29.8 Å². The number of likely N-dealkylation sites (N-methyl/N-ethyl adjacent to an activating group) is 1. The molecule has 0 aromatic heterocycles. The lowest BCUT2D eigenvalue weighted by Gasteiger charge is -2.13. The van der Waals surface area contributed by atoms with Crippen LogP contribution in [0.4, 0.5) is 0 Å². The number of ketones is 1. The predicted octanol–water partition coefficient (Wildman–Crippen LogP) is 2.06. The van der Waals surface area contributed by atoms with E-state index in [1.54, 1.807) is 14.0 Å². The molecule has 0 heterocycles. The fourth-order valence-corrected chi connectivity index (χ4v) is 1.55. The average Bonchev–Trinajstić information content (AvgIpc) is 2.16. The summed E-state index contributed by atoms with van der Waals surface area (Å²) in [5.41, 5.74) is 1.00. The van der Waals surface area contributed by atoms with Crippen molar-refractivity contribution in [3.63, 3.8) is 0 Å². The number of hydrogen-bond donors (Lipinski definition) is 1. The monoisotopic (exact) mass is 211 g/mol. The first kappa shape index (κ1) is 11.2. The lowest BCUT2D eigenvalue weighted by molar-refractivity contribution is -0.118. The second-order valence-electron chi connectivity index (χ2n) is 3.25. The minimum Gasteiger partial charge on any atom is -0.310 e. The molecule has 1 N–H and O–H groups in total. The summed E-state index contributed by atoms with van der Waals surface area (Å²) in [6, 6.07) is 7.44. The van der Waals surface area contributed by atoms with Crippen molar-refractivity contribution < 1.29 is 4.79 Å². The number of halogens is 1. The largest absolute Gasteiger partial charge is 0.310 e. The highest BCUT2D eigenvalue weighted by Crippen LogP contribution is 2.16. The van der Waals surface area contributed by atoms with Crippen LogP contribution in [0.2, 0.25) is 5.02 Å². The number of carbonyl (C=O) groups is 1. The van der Waals surface area contributed by atoms with Gasteiger partial charge in [0.05, 0.1) is 6.04 Å². The van der Waals surface area contributed by atoms with E-state index in [-0.39, 0.29) is 11.8 Å². The summed E-state index contributed by atoms with van der Waals surface area (Å²) < 4.78 is 0. The fourth-order valence-electron chi connectivity index (χ4n) is 1.33. The van der Waals surface area contributed by atoms with Gasteiger partial charge in [0.15, 0.2) is 0 Å². The Morgan fingerprint density at radius 1 is 1.50 bits per heavy atom. The molecule has 0 radical (unpaired) electrons. The summed E-state index contributed by atoms with van der Waals surface area (Å²) in [4.78, 5) is 11.2. The zero-order valence-electron chi connectivity index (χ0n) is 8.38. The molecule has 3 heteroatoms. The van der Waals surface area contributed by atoms with Crippen molar-refractivity contribution in [2.24, 2.45) is 0 Å². The van der Waals surface area contributed by atoms with Gasteiger partial charge in [-0.3, -0.25) is 4.79 Å². The molecule has 1 aromatic carbocycles. The number of Topliss-reactive ketones (excluding diaryl/α,β-unsaturated/α-hetero) is 1. The van der Waals surface area contributed by atoms with E-state index in [1.807, 2.05) is 24.3 Å². The van der Waals surface area contributed by atoms with Crippen LogP contribution in [0.25, 0.3) is 0 Å². The fraction of sp³-hybridized carbons (Fsp3) is 0.364. The quantitative estimate of drug-likeness (QED) is 0.826.